The van der Waals surface area contributed by atoms with Crippen molar-refractivity contribution in [2.75, 3.05) is 11.9 Å². The molecule has 0 saturated heterocycles. The smallest absolute Gasteiger partial charge is 0.172 e. The van der Waals surface area contributed by atoms with Crippen LogP contribution in [-0.2, 0) is 0 Å². The van der Waals surface area contributed by atoms with Gasteiger partial charge in [0.25, 0.3) is 0 Å². The number of aliphatic hydroxyl groups is 1. The van der Waals surface area contributed by atoms with Crippen LogP contribution in [0.4, 0.5) is 10.1 Å². The lowest BCUT2D eigenvalue weighted by Crippen LogP contribution is -2.20. The molecular formula is C14H16ClFN2O. The maximum atomic E-state index is 14.3. The first-order chi connectivity index (χ1) is 9.17. The maximum absolute atomic E-state index is 14.3. The Labute approximate surface area is 116 Å². The first-order valence-corrected chi connectivity index (χ1v) is 6.65. The number of pyridine rings is 1. The first kappa shape index (κ1) is 14.0. The molecule has 0 aliphatic rings. The Morgan fingerprint density at radius 2 is 2.21 bits per heavy atom. The fraction of sp³-hybridized carbons (Fsp3) is 0.357. The van der Waals surface area contributed by atoms with E-state index in [0.717, 1.165) is 6.42 Å². The maximum Gasteiger partial charge on any atom is 0.172 e. The molecule has 0 radical (unpaired) electrons. The first-order valence-electron chi connectivity index (χ1n) is 6.27. The van der Waals surface area contributed by atoms with Gasteiger partial charge in [-0.25, -0.2) is 4.39 Å². The van der Waals surface area contributed by atoms with E-state index in [4.69, 9.17) is 16.7 Å². The van der Waals surface area contributed by atoms with Crippen molar-refractivity contribution in [3.05, 3.63) is 35.2 Å². The second-order valence-electron chi connectivity index (χ2n) is 4.38. The number of aromatic nitrogens is 1. The summed E-state index contributed by atoms with van der Waals surface area (Å²) in [6, 6.07) is 5.08. The molecule has 0 amide bonds. The molecule has 0 spiro atoms. The van der Waals surface area contributed by atoms with Crippen LogP contribution >= 0.6 is 11.6 Å². The molecule has 2 N–H and O–H groups in total. The lowest BCUT2D eigenvalue weighted by molar-refractivity contribution is 0.278. The Morgan fingerprint density at radius 1 is 1.42 bits per heavy atom. The van der Waals surface area contributed by atoms with Crippen LogP contribution in [0.2, 0.25) is 5.02 Å². The lowest BCUT2D eigenvalue weighted by Gasteiger charge is -2.18. The molecular weight excluding hydrogens is 267 g/mol. The Hall–Kier alpha value is -1.39. The zero-order valence-electron chi connectivity index (χ0n) is 10.7. The van der Waals surface area contributed by atoms with E-state index in [-0.39, 0.29) is 18.2 Å². The van der Waals surface area contributed by atoms with Crippen molar-refractivity contribution >= 4 is 28.2 Å². The number of aliphatic hydroxyl groups excluding tert-OH is 1. The molecule has 0 fully saturated rings. The van der Waals surface area contributed by atoms with Gasteiger partial charge in [-0.1, -0.05) is 18.5 Å². The number of nitrogens with one attached hydrogen (secondary N) is 1. The van der Waals surface area contributed by atoms with Crippen molar-refractivity contribution < 1.29 is 9.50 Å². The van der Waals surface area contributed by atoms with E-state index in [9.17, 15) is 4.39 Å². The highest BCUT2D eigenvalue weighted by molar-refractivity contribution is 6.35. The number of nitrogens with zero attached hydrogens (tertiary/aromatic N) is 1. The number of anilines is 1. The van der Waals surface area contributed by atoms with E-state index in [1.165, 1.54) is 6.20 Å². The molecule has 3 nitrogen and oxygen atoms in total. The third-order valence-corrected chi connectivity index (χ3v) is 3.46. The number of halogens is 2. The van der Waals surface area contributed by atoms with Crippen LogP contribution in [-0.4, -0.2) is 22.7 Å². The summed E-state index contributed by atoms with van der Waals surface area (Å²) in [5.41, 5.74) is 0.652. The van der Waals surface area contributed by atoms with Crippen LogP contribution in [0, 0.1) is 5.82 Å². The zero-order valence-corrected chi connectivity index (χ0v) is 11.4. The Morgan fingerprint density at radius 3 is 2.89 bits per heavy atom. The van der Waals surface area contributed by atoms with Crippen molar-refractivity contribution in [3.8, 4) is 0 Å². The SMILES string of the molecule is CCC(CCO)Nc1ccc2c(Cl)ccnc2c1F. The molecule has 0 aliphatic carbocycles. The Bertz CT molecular complexity index is 577. The summed E-state index contributed by atoms with van der Waals surface area (Å²) < 4.78 is 14.3. The predicted molar refractivity (Wildman–Crippen MR) is 76.1 cm³/mol. The van der Waals surface area contributed by atoms with E-state index >= 15 is 0 Å². The monoisotopic (exact) mass is 282 g/mol. The van der Waals surface area contributed by atoms with Crippen molar-refractivity contribution in [1.82, 2.24) is 4.98 Å². The number of benzene rings is 1. The molecule has 0 aliphatic heterocycles. The number of hydrogen-bond donors (Lipinski definition) is 2. The van der Waals surface area contributed by atoms with Crippen LogP contribution in [0.5, 0.6) is 0 Å². The topological polar surface area (TPSA) is 45.1 Å². The average molecular weight is 283 g/mol. The van der Waals surface area contributed by atoms with E-state index in [1.54, 1.807) is 18.2 Å². The molecule has 102 valence electrons. The van der Waals surface area contributed by atoms with Crippen molar-refractivity contribution in [1.29, 1.82) is 0 Å². The normalized spacial score (nSPS) is 12.6. The quantitative estimate of drug-likeness (QED) is 0.881. The predicted octanol–water partition coefficient (Wildman–Crippen LogP) is 3.60. The van der Waals surface area contributed by atoms with Gasteiger partial charge in [-0.05, 0) is 31.0 Å². The molecule has 19 heavy (non-hydrogen) atoms. The third kappa shape index (κ3) is 2.96. The summed E-state index contributed by atoms with van der Waals surface area (Å²) in [7, 11) is 0. The lowest BCUT2D eigenvalue weighted by atomic mass is 10.1. The van der Waals surface area contributed by atoms with E-state index in [0.29, 0.717) is 22.5 Å². The molecule has 1 aromatic carbocycles. The van der Waals surface area contributed by atoms with Crippen molar-refractivity contribution in [2.24, 2.45) is 0 Å². The van der Waals surface area contributed by atoms with Gasteiger partial charge in [0.15, 0.2) is 5.82 Å². The summed E-state index contributed by atoms with van der Waals surface area (Å²) in [4.78, 5) is 4.03. The second kappa shape index (κ2) is 6.17. The molecule has 2 rings (SSSR count). The van der Waals surface area contributed by atoms with E-state index < -0.39 is 5.82 Å². The molecule has 1 unspecified atom stereocenters. The summed E-state index contributed by atoms with van der Waals surface area (Å²) in [6.07, 6.45) is 2.88. The number of rotatable bonds is 5. The van der Waals surface area contributed by atoms with Gasteiger partial charge in [0, 0.05) is 24.2 Å². The highest BCUT2D eigenvalue weighted by Gasteiger charge is 2.13. The van der Waals surface area contributed by atoms with E-state index in [1.807, 2.05) is 6.92 Å². The minimum absolute atomic E-state index is 0.0381. The molecule has 0 saturated carbocycles. The fourth-order valence-corrected chi connectivity index (χ4v) is 2.22. The highest BCUT2D eigenvalue weighted by atomic mass is 35.5. The zero-order chi connectivity index (χ0) is 13.8. The second-order valence-corrected chi connectivity index (χ2v) is 4.79. The molecule has 1 atom stereocenters. The van der Waals surface area contributed by atoms with Gasteiger partial charge >= 0.3 is 0 Å². The van der Waals surface area contributed by atoms with Gasteiger partial charge in [-0.2, -0.15) is 0 Å². The minimum atomic E-state index is -0.406. The molecule has 0 bridgehead atoms. The summed E-state index contributed by atoms with van der Waals surface area (Å²) in [6.45, 7) is 2.06. The summed E-state index contributed by atoms with van der Waals surface area (Å²) >= 11 is 6.00. The standard InChI is InChI=1S/C14H16ClFN2O/c1-2-9(6-8-19)18-12-4-3-10-11(15)5-7-17-14(10)13(12)16/h3-5,7,9,18-19H,2,6,8H2,1H3. The van der Waals surface area contributed by atoms with Gasteiger partial charge < -0.3 is 10.4 Å². The molecule has 2 aromatic rings. The van der Waals surface area contributed by atoms with Crippen LogP contribution < -0.4 is 5.32 Å². The number of hydrogen-bond acceptors (Lipinski definition) is 3. The Balaban J connectivity index is 2.37. The van der Waals surface area contributed by atoms with Gasteiger partial charge in [0.1, 0.15) is 5.52 Å². The Kier molecular flexibility index (Phi) is 4.56. The van der Waals surface area contributed by atoms with Crippen LogP contribution in [0.25, 0.3) is 10.9 Å². The third-order valence-electron chi connectivity index (χ3n) is 3.13. The van der Waals surface area contributed by atoms with Gasteiger partial charge in [0.05, 0.1) is 10.7 Å². The van der Waals surface area contributed by atoms with Crippen LogP contribution in [0.1, 0.15) is 19.8 Å². The highest BCUT2D eigenvalue weighted by Crippen LogP contribution is 2.28. The average Bonchev–Trinajstić information content (AvgIpc) is 2.42. The fourth-order valence-electron chi connectivity index (χ4n) is 2.02. The van der Waals surface area contributed by atoms with Crippen molar-refractivity contribution in [3.63, 3.8) is 0 Å². The van der Waals surface area contributed by atoms with Crippen LogP contribution in [0.15, 0.2) is 24.4 Å². The van der Waals surface area contributed by atoms with Crippen LogP contribution in [0.3, 0.4) is 0 Å². The van der Waals surface area contributed by atoms with E-state index in [2.05, 4.69) is 10.3 Å². The minimum Gasteiger partial charge on any atom is -0.396 e. The van der Waals surface area contributed by atoms with Crippen molar-refractivity contribution in [2.45, 2.75) is 25.8 Å². The molecule has 1 aromatic heterocycles. The van der Waals surface area contributed by atoms with Gasteiger partial charge in [-0.15, -0.1) is 0 Å². The largest absolute Gasteiger partial charge is 0.396 e. The molecule has 1 heterocycles. The molecule has 5 heteroatoms. The summed E-state index contributed by atoms with van der Waals surface area (Å²) in [5, 5.41) is 13.1. The number of fused-ring (bicyclic) bond motifs is 1. The van der Waals surface area contributed by atoms with Gasteiger partial charge in [0.2, 0.25) is 0 Å². The summed E-state index contributed by atoms with van der Waals surface area (Å²) in [5.74, 6) is -0.406. The van der Waals surface area contributed by atoms with Gasteiger partial charge in [-0.3, -0.25) is 4.98 Å².